The number of hydrogen-bond donors (Lipinski definition) is 0. The predicted octanol–water partition coefficient (Wildman–Crippen LogP) is 8.00. The first-order valence-corrected chi connectivity index (χ1v) is 11.2. The minimum Gasteiger partial charge on any atom is -0.292 e. The molecule has 0 aromatic heterocycles. The second-order valence-corrected chi connectivity index (χ2v) is 9.39. The summed E-state index contributed by atoms with van der Waals surface area (Å²) in [6.45, 7) is 0. The number of Topliss-reactive ketones (excluding diaryl/α,β-unsaturated/α-hetero) is 1. The maximum Gasteiger partial charge on any atom is 0.182 e. The Hall–Kier alpha value is -2.49. The predicted molar refractivity (Wildman–Crippen MR) is 130 cm³/mol. The molecule has 3 heteroatoms. The number of carbonyl (C=O) groups is 1. The lowest BCUT2D eigenvalue weighted by Gasteiger charge is -2.18. The second kappa shape index (κ2) is 6.25. The topological polar surface area (TPSA) is 17.1 Å². The number of ketones is 1. The zero-order chi connectivity index (χ0) is 19.7. The molecule has 0 saturated heterocycles. The van der Waals surface area contributed by atoms with Crippen molar-refractivity contribution in [3.05, 3.63) is 88.4 Å². The summed E-state index contributed by atoms with van der Waals surface area (Å²) in [7, 11) is 0. The number of hydrogen-bond acceptors (Lipinski definition) is 1. The highest BCUT2D eigenvalue weighted by Crippen LogP contribution is 2.38. The zero-order valence-electron chi connectivity index (χ0n) is 15.2. The van der Waals surface area contributed by atoms with Crippen molar-refractivity contribution in [2.24, 2.45) is 0 Å². The van der Waals surface area contributed by atoms with Crippen molar-refractivity contribution in [1.29, 1.82) is 0 Å². The van der Waals surface area contributed by atoms with E-state index < -0.39 is 0 Å². The third kappa shape index (κ3) is 2.54. The van der Waals surface area contributed by atoms with Gasteiger partial charge in [-0.1, -0.05) is 80.4 Å². The van der Waals surface area contributed by atoms with Gasteiger partial charge in [-0.05, 0) is 79.0 Å². The average molecular weight is 502 g/mol. The van der Waals surface area contributed by atoms with Crippen LogP contribution < -0.4 is 0 Å². The van der Waals surface area contributed by atoms with Gasteiger partial charge in [-0.3, -0.25) is 4.79 Å². The van der Waals surface area contributed by atoms with Gasteiger partial charge < -0.3 is 0 Å². The van der Waals surface area contributed by atoms with Gasteiger partial charge in [0.05, 0.1) is 0 Å². The first-order chi connectivity index (χ1) is 14.1. The van der Waals surface area contributed by atoms with E-state index >= 15 is 0 Å². The Morgan fingerprint density at radius 3 is 2.00 bits per heavy atom. The number of allylic oxidation sites excluding steroid dienone is 1. The number of alkyl halides is 1. The Morgan fingerprint density at radius 1 is 0.655 bits per heavy atom. The summed E-state index contributed by atoms with van der Waals surface area (Å²) in [5.74, 6) is 0.0985. The summed E-state index contributed by atoms with van der Waals surface area (Å²) in [6, 6.07) is 25.9. The SMILES string of the molecule is O=C1c2cc3ccc4c5cc6ccccc6cc5ccc4c3cc2C=C(Br)C1Br. The van der Waals surface area contributed by atoms with Crippen molar-refractivity contribution in [2.45, 2.75) is 4.83 Å². The van der Waals surface area contributed by atoms with Crippen LogP contribution in [0.25, 0.3) is 49.2 Å². The Labute approximate surface area is 184 Å². The maximum atomic E-state index is 12.7. The summed E-state index contributed by atoms with van der Waals surface area (Å²) in [4.78, 5) is 12.4. The molecule has 0 saturated carbocycles. The van der Waals surface area contributed by atoms with E-state index in [9.17, 15) is 4.79 Å². The molecule has 0 bridgehead atoms. The molecule has 0 aliphatic heterocycles. The van der Waals surface area contributed by atoms with Crippen LogP contribution in [0.5, 0.6) is 0 Å². The van der Waals surface area contributed by atoms with Crippen molar-refractivity contribution in [1.82, 2.24) is 0 Å². The largest absolute Gasteiger partial charge is 0.292 e. The van der Waals surface area contributed by atoms with E-state index in [0.29, 0.717) is 0 Å². The Bertz CT molecular complexity index is 1550. The smallest absolute Gasteiger partial charge is 0.182 e. The number of carbonyl (C=O) groups excluding carboxylic acids is 1. The standard InChI is InChI=1S/C26H14Br2O/c27-24-13-18-12-22-17(11-23(18)26(29)25(24)28)6-8-19-20(22)7-5-16-9-14-3-1-2-4-15(14)10-21(16)19/h1-13,25H. The highest BCUT2D eigenvalue weighted by molar-refractivity contribution is 9.14. The summed E-state index contributed by atoms with van der Waals surface area (Å²) < 4.78 is 0.867. The van der Waals surface area contributed by atoms with E-state index in [0.717, 1.165) is 21.0 Å². The molecule has 1 unspecified atom stereocenters. The molecule has 6 rings (SSSR count). The molecule has 0 fully saturated rings. The lowest BCUT2D eigenvalue weighted by atomic mass is 9.89. The van der Waals surface area contributed by atoms with Crippen LogP contribution in [0.15, 0.2) is 77.3 Å². The third-order valence-corrected chi connectivity index (χ3v) is 8.11. The Morgan fingerprint density at radius 2 is 1.28 bits per heavy atom. The minimum atomic E-state index is -0.301. The molecule has 0 amide bonds. The van der Waals surface area contributed by atoms with Crippen LogP contribution in [0.1, 0.15) is 15.9 Å². The van der Waals surface area contributed by atoms with E-state index in [4.69, 9.17) is 0 Å². The lowest BCUT2D eigenvalue weighted by Crippen LogP contribution is -2.19. The van der Waals surface area contributed by atoms with Gasteiger partial charge in [0.1, 0.15) is 4.83 Å². The van der Waals surface area contributed by atoms with Gasteiger partial charge in [-0.2, -0.15) is 0 Å². The molecule has 1 atom stereocenters. The Kier molecular flexibility index (Phi) is 3.75. The molecule has 138 valence electrons. The van der Waals surface area contributed by atoms with E-state index in [1.165, 1.54) is 37.7 Å². The normalized spacial score (nSPS) is 16.6. The minimum absolute atomic E-state index is 0.0985. The molecule has 5 aromatic carbocycles. The Balaban J connectivity index is 1.71. The summed E-state index contributed by atoms with van der Waals surface area (Å²) in [5.41, 5.74) is 1.74. The lowest BCUT2D eigenvalue weighted by molar-refractivity contribution is 0.100. The molecule has 0 radical (unpaired) electrons. The number of fused-ring (bicyclic) bond motifs is 7. The highest BCUT2D eigenvalue weighted by Gasteiger charge is 2.27. The van der Waals surface area contributed by atoms with Crippen molar-refractivity contribution < 1.29 is 4.79 Å². The molecule has 1 nitrogen and oxygen atoms in total. The van der Waals surface area contributed by atoms with Gasteiger partial charge in [0.15, 0.2) is 5.78 Å². The van der Waals surface area contributed by atoms with Crippen molar-refractivity contribution >= 4 is 86.8 Å². The van der Waals surface area contributed by atoms with Gasteiger partial charge in [0, 0.05) is 10.0 Å². The quantitative estimate of drug-likeness (QED) is 0.119. The molecule has 1 aliphatic rings. The van der Waals surface area contributed by atoms with Crippen molar-refractivity contribution in [3.8, 4) is 0 Å². The molecular formula is C26H14Br2O. The van der Waals surface area contributed by atoms with Crippen LogP contribution in [-0.2, 0) is 0 Å². The maximum absolute atomic E-state index is 12.7. The number of halogens is 2. The van der Waals surface area contributed by atoms with E-state index in [1.54, 1.807) is 0 Å². The zero-order valence-corrected chi connectivity index (χ0v) is 18.4. The van der Waals surface area contributed by atoms with Crippen LogP contribution in [0.3, 0.4) is 0 Å². The molecule has 29 heavy (non-hydrogen) atoms. The van der Waals surface area contributed by atoms with Crippen LogP contribution in [-0.4, -0.2) is 10.6 Å². The van der Waals surface area contributed by atoms with Gasteiger partial charge in [-0.25, -0.2) is 0 Å². The van der Waals surface area contributed by atoms with Gasteiger partial charge >= 0.3 is 0 Å². The summed E-state index contributed by atoms with van der Waals surface area (Å²) >= 11 is 7.00. The van der Waals surface area contributed by atoms with Crippen LogP contribution in [0.2, 0.25) is 0 Å². The second-order valence-electron chi connectivity index (χ2n) is 7.56. The third-order valence-electron chi connectivity index (χ3n) is 5.90. The molecule has 0 N–H and O–H groups in total. The molecule has 1 aliphatic carbocycles. The summed E-state index contributed by atoms with van der Waals surface area (Å²) in [5, 5.41) is 9.73. The fraction of sp³-hybridized carbons (Fsp3) is 0.0385. The van der Waals surface area contributed by atoms with Gasteiger partial charge in [0.2, 0.25) is 0 Å². The van der Waals surface area contributed by atoms with Crippen LogP contribution >= 0.6 is 31.9 Å². The molecule has 0 spiro atoms. The molecule has 5 aromatic rings. The fourth-order valence-electron chi connectivity index (χ4n) is 4.45. The van der Waals surface area contributed by atoms with Crippen molar-refractivity contribution in [3.63, 3.8) is 0 Å². The summed E-state index contributed by atoms with van der Waals surface area (Å²) in [6.07, 6.45) is 2.04. The molecular weight excluding hydrogens is 488 g/mol. The van der Waals surface area contributed by atoms with E-state index in [-0.39, 0.29) is 10.6 Å². The number of benzene rings is 5. The van der Waals surface area contributed by atoms with Crippen LogP contribution in [0, 0.1) is 0 Å². The first kappa shape index (κ1) is 17.4. The highest BCUT2D eigenvalue weighted by atomic mass is 79.9. The van der Waals surface area contributed by atoms with Gasteiger partial charge in [-0.15, -0.1) is 0 Å². The average Bonchev–Trinajstić information content (AvgIpc) is 2.75. The molecule has 0 heterocycles. The monoisotopic (exact) mass is 500 g/mol. The van der Waals surface area contributed by atoms with E-state index in [1.807, 2.05) is 12.1 Å². The first-order valence-electron chi connectivity index (χ1n) is 9.47. The van der Waals surface area contributed by atoms with Crippen molar-refractivity contribution in [2.75, 3.05) is 0 Å². The van der Waals surface area contributed by atoms with Gasteiger partial charge in [0.25, 0.3) is 0 Å². The number of rotatable bonds is 0. The van der Waals surface area contributed by atoms with E-state index in [2.05, 4.69) is 98.6 Å². The fourth-order valence-corrected chi connectivity index (χ4v) is 5.28. The van der Waals surface area contributed by atoms with Crippen LogP contribution in [0.4, 0.5) is 0 Å².